The van der Waals surface area contributed by atoms with E-state index in [0.29, 0.717) is 0 Å². The second-order valence-corrected chi connectivity index (χ2v) is 6.60. The minimum absolute atomic E-state index is 0.387. The van der Waals surface area contributed by atoms with Gasteiger partial charge in [0.1, 0.15) is 5.54 Å². The summed E-state index contributed by atoms with van der Waals surface area (Å²) in [6.45, 7) is 7.70. The van der Waals surface area contributed by atoms with Crippen LogP contribution < -0.4 is 5.32 Å². The van der Waals surface area contributed by atoms with Crippen LogP contribution >= 0.6 is 0 Å². The monoisotopic (exact) mass is 335 g/mol. The first-order valence-corrected chi connectivity index (χ1v) is 8.17. The van der Waals surface area contributed by atoms with E-state index in [2.05, 4.69) is 10.4 Å². The van der Waals surface area contributed by atoms with Gasteiger partial charge in [-0.3, -0.25) is 4.79 Å². The number of aryl methyl sites for hydroxylation is 3. The van der Waals surface area contributed by atoms with Crippen LogP contribution in [0.2, 0.25) is 0 Å². The van der Waals surface area contributed by atoms with Gasteiger partial charge in [0.05, 0.1) is 6.21 Å². The number of imide groups is 1. The maximum atomic E-state index is 12.8. The molecule has 1 atom stereocenters. The normalized spacial score (nSPS) is 20.4. The highest BCUT2D eigenvalue weighted by molar-refractivity contribution is 6.07. The summed E-state index contributed by atoms with van der Waals surface area (Å²) in [5, 5.41) is 7.83. The minimum atomic E-state index is -1.10. The van der Waals surface area contributed by atoms with Crippen LogP contribution in [-0.4, -0.2) is 23.2 Å². The van der Waals surface area contributed by atoms with Crippen molar-refractivity contribution in [2.24, 2.45) is 5.10 Å². The van der Waals surface area contributed by atoms with Crippen LogP contribution in [-0.2, 0) is 10.3 Å². The summed E-state index contributed by atoms with van der Waals surface area (Å²) in [6.07, 6.45) is 1.58. The Balaban J connectivity index is 1.92. The smallest absolute Gasteiger partial charge is 0.318 e. The molecule has 2 aromatic carbocycles. The fourth-order valence-corrected chi connectivity index (χ4v) is 3.21. The largest absolute Gasteiger partial charge is 0.346 e. The van der Waals surface area contributed by atoms with Crippen molar-refractivity contribution in [1.29, 1.82) is 0 Å². The average molecular weight is 335 g/mol. The van der Waals surface area contributed by atoms with Crippen molar-refractivity contribution < 1.29 is 9.59 Å². The van der Waals surface area contributed by atoms with Crippen LogP contribution in [0.1, 0.15) is 34.7 Å². The molecule has 0 aromatic heterocycles. The van der Waals surface area contributed by atoms with Crippen LogP contribution in [0.3, 0.4) is 0 Å². The fraction of sp³-hybridized carbons (Fsp3) is 0.250. The molecule has 1 heterocycles. The molecule has 25 heavy (non-hydrogen) atoms. The number of hydrogen-bond donors (Lipinski definition) is 1. The quantitative estimate of drug-likeness (QED) is 0.690. The van der Waals surface area contributed by atoms with E-state index in [-0.39, 0.29) is 5.91 Å². The molecule has 3 amide bonds. The number of carbonyl (C=O) groups is 2. The predicted molar refractivity (Wildman–Crippen MR) is 97.4 cm³/mol. The Labute approximate surface area is 147 Å². The molecule has 3 rings (SSSR count). The van der Waals surface area contributed by atoms with Gasteiger partial charge in [0.2, 0.25) is 0 Å². The first-order chi connectivity index (χ1) is 11.8. The zero-order chi connectivity index (χ0) is 18.2. The summed E-state index contributed by atoms with van der Waals surface area (Å²) < 4.78 is 0. The molecule has 2 aromatic rings. The highest BCUT2D eigenvalue weighted by Gasteiger charge is 2.49. The number of nitrogens with zero attached hydrogens (tertiary/aromatic N) is 2. The number of hydrogen-bond acceptors (Lipinski definition) is 3. The minimum Gasteiger partial charge on any atom is -0.318 e. The first-order valence-electron chi connectivity index (χ1n) is 8.17. The molecule has 1 aliphatic heterocycles. The summed E-state index contributed by atoms with van der Waals surface area (Å²) >= 11 is 0. The zero-order valence-corrected chi connectivity index (χ0v) is 14.8. The molecule has 128 valence electrons. The number of amides is 3. The van der Waals surface area contributed by atoms with E-state index >= 15 is 0 Å². The molecule has 1 fully saturated rings. The van der Waals surface area contributed by atoms with Crippen molar-refractivity contribution in [3.8, 4) is 0 Å². The van der Waals surface area contributed by atoms with Crippen molar-refractivity contribution in [1.82, 2.24) is 10.3 Å². The van der Waals surface area contributed by atoms with E-state index in [0.717, 1.165) is 27.3 Å². The molecule has 0 unspecified atom stereocenters. The van der Waals surface area contributed by atoms with Crippen LogP contribution in [0.25, 0.3) is 0 Å². The Bertz CT molecular complexity index is 851. The number of carbonyl (C=O) groups excluding carboxylic acids is 2. The van der Waals surface area contributed by atoms with Gasteiger partial charge in [-0.15, -0.1) is 5.01 Å². The first kappa shape index (κ1) is 16.9. The molecule has 0 radical (unpaired) electrons. The third-order valence-electron chi connectivity index (χ3n) is 4.56. The van der Waals surface area contributed by atoms with E-state index in [1.165, 1.54) is 5.56 Å². The van der Waals surface area contributed by atoms with Gasteiger partial charge in [0.15, 0.2) is 0 Å². The summed E-state index contributed by atoms with van der Waals surface area (Å²) in [6, 6.07) is 12.8. The second-order valence-electron chi connectivity index (χ2n) is 6.60. The van der Waals surface area contributed by atoms with Gasteiger partial charge in [-0.1, -0.05) is 48.0 Å². The van der Waals surface area contributed by atoms with Crippen molar-refractivity contribution in [2.75, 3.05) is 0 Å². The van der Waals surface area contributed by atoms with Gasteiger partial charge in [0, 0.05) is 5.56 Å². The van der Waals surface area contributed by atoms with E-state index in [9.17, 15) is 9.59 Å². The third-order valence-corrected chi connectivity index (χ3v) is 4.56. The Kier molecular flexibility index (Phi) is 4.17. The molecular formula is C20H21N3O2. The summed E-state index contributed by atoms with van der Waals surface area (Å²) in [7, 11) is 0. The van der Waals surface area contributed by atoms with Gasteiger partial charge in [-0.05, 0) is 44.4 Å². The number of nitrogens with one attached hydrogen (secondary N) is 1. The van der Waals surface area contributed by atoms with Gasteiger partial charge >= 0.3 is 6.03 Å². The topological polar surface area (TPSA) is 61.8 Å². The van der Waals surface area contributed by atoms with Gasteiger partial charge in [0.25, 0.3) is 5.91 Å². The Morgan fingerprint density at radius 3 is 2.24 bits per heavy atom. The van der Waals surface area contributed by atoms with Crippen LogP contribution in [0.5, 0.6) is 0 Å². The lowest BCUT2D eigenvalue weighted by Crippen LogP contribution is -2.40. The van der Waals surface area contributed by atoms with Gasteiger partial charge in [-0.25, -0.2) is 4.79 Å². The van der Waals surface area contributed by atoms with E-state index in [1.807, 2.05) is 63.2 Å². The number of urea groups is 1. The molecule has 1 saturated heterocycles. The molecule has 0 aliphatic carbocycles. The second kappa shape index (κ2) is 6.16. The zero-order valence-electron chi connectivity index (χ0n) is 14.8. The highest BCUT2D eigenvalue weighted by atomic mass is 16.2. The van der Waals surface area contributed by atoms with Gasteiger partial charge in [-0.2, -0.15) is 5.10 Å². The third kappa shape index (κ3) is 2.93. The number of benzene rings is 2. The molecule has 0 bridgehead atoms. The maximum Gasteiger partial charge on any atom is 0.346 e. The predicted octanol–water partition coefficient (Wildman–Crippen LogP) is 3.41. The molecule has 0 spiro atoms. The van der Waals surface area contributed by atoms with Crippen molar-refractivity contribution in [3.05, 3.63) is 70.3 Å². The van der Waals surface area contributed by atoms with Crippen LogP contribution in [0, 0.1) is 20.8 Å². The maximum absolute atomic E-state index is 12.8. The SMILES string of the molecule is Cc1cc(C)c(/C=N\N2C(=O)N[C@@](C)(c3ccccc3)C2=O)c(C)c1. The average Bonchev–Trinajstić information content (AvgIpc) is 2.78. The molecular weight excluding hydrogens is 314 g/mol. The summed E-state index contributed by atoms with van der Waals surface area (Å²) in [5.74, 6) is -0.387. The van der Waals surface area contributed by atoms with Crippen molar-refractivity contribution >= 4 is 18.2 Å². The standard InChI is InChI=1S/C20H21N3O2/c1-13-10-14(2)17(15(3)11-13)12-21-23-18(24)20(4,22-19(23)25)16-8-6-5-7-9-16/h5-12H,1-4H3,(H,22,25)/b21-12-/t20-/m0/s1. The lowest BCUT2D eigenvalue weighted by molar-refractivity contribution is -0.131. The Hall–Kier alpha value is -2.95. The molecule has 1 N–H and O–H groups in total. The van der Waals surface area contributed by atoms with E-state index in [4.69, 9.17) is 0 Å². The highest BCUT2D eigenvalue weighted by Crippen LogP contribution is 2.28. The van der Waals surface area contributed by atoms with Crippen LogP contribution in [0.15, 0.2) is 47.6 Å². The lowest BCUT2D eigenvalue weighted by Gasteiger charge is -2.21. The van der Waals surface area contributed by atoms with Crippen molar-refractivity contribution in [2.45, 2.75) is 33.2 Å². The fourth-order valence-electron chi connectivity index (χ4n) is 3.21. The lowest BCUT2D eigenvalue weighted by atomic mass is 9.92. The molecule has 5 heteroatoms. The molecule has 5 nitrogen and oxygen atoms in total. The van der Waals surface area contributed by atoms with Crippen LogP contribution in [0.4, 0.5) is 4.79 Å². The molecule has 0 saturated carbocycles. The van der Waals surface area contributed by atoms with E-state index < -0.39 is 11.6 Å². The van der Waals surface area contributed by atoms with E-state index in [1.54, 1.807) is 13.1 Å². The Morgan fingerprint density at radius 1 is 1.04 bits per heavy atom. The number of rotatable bonds is 3. The van der Waals surface area contributed by atoms with Gasteiger partial charge < -0.3 is 5.32 Å². The Morgan fingerprint density at radius 2 is 1.64 bits per heavy atom. The number of hydrazone groups is 1. The summed E-state index contributed by atoms with van der Waals surface area (Å²) in [4.78, 5) is 25.1. The van der Waals surface area contributed by atoms with Crippen molar-refractivity contribution in [3.63, 3.8) is 0 Å². The summed E-state index contributed by atoms with van der Waals surface area (Å²) in [5.41, 5.74) is 3.82. The molecule has 1 aliphatic rings.